The maximum atomic E-state index is 13.2. The number of nitrogens with two attached hydrogens (primary N) is 1. The van der Waals surface area contributed by atoms with Crippen molar-refractivity contribution in [1.82, 2.24) is 0 Å². The number of halogens is 1. The van der Waals surface area contributed by atoms with E-state index in [4.69, 9.17) is 5.73 Å². The van der Waals surface area contributed by atoms with Crippen molar-refractivity contribution in [2.24, 2.45) is 5.73 Å². The second-order valence-corrected chi connectivity index (χ2v) is 7.33. The third kappa shape index (κ3) is 3.20. The van der Waals surface area contributed by atoms with E-state index in [1.165, 1.54) is 36.5 Å². The Kier molecular flexibility index (Phi) is 4.03. The monoisotopic (exact) mass is 299 g/mol. The molecule has 0 aliphatic rings. The molecule has 2 aromatic rings. The first-order valence-electron chi connectivity index (χ1n) is 5.68. The lowest BCUT2D eigenvalue weighted by atomic mass is 10.2. The molecule has 19 heavy (non-hydrogen) atoms. The van der Waals surface area contributed by atoms with Crippen LogP contribution in [0, 0.1) is 12.7 Å². The summed E-state index contributed by atoms with van der Waals surface area (Å²) in [5.41, 5.74) is 6.20. The highest BCUT2D eigenvalue weighted by Gasteiger charge is 2.21. The predicted molar refractivity (Wildman–Crippen MR) is 74.4 cm³/mol. The van der Waals surface area contributed by atoms with Crippen LogP contribution < -0.4 is 5.73 Å². The van der Waals surface area contributed by atoms with E-state index in [0.29, 0.717) is 5.56 Å². The molecule has 1 aromatic heterocycles. The zero-order valence-corrected chi connectivity index (χ0v) is 12.0. The van der Waals surface area contributed by atoms with Crippen LogP contribution in [0.5, 0.6) is 0 Å². The number of hydrogen-bond donors (Lipinski definition) is 1. The molecule has 1 aromatic carbocycles. The van der Waals surface area contributed by atoms with Crippen molar-refractivity contribution in [3.63, 3.8) is 0 Å². The highest BCUT2D eigenvalue weighted by Crippen LogP contribution is 2.22. The lowest BCUT2D eigenvalue weighted by molar-refractivity contribution is 0.587. The van der Waals surface area contributed by atoms with Crippen molar-refractivity contribution in [1.29, 1.82) is 0 Å². The van der Waals surface area contributed by atoms with E-state index < -0.39 is 21.7 Å². The lowest BCUT2D eigenvalue weighted by Gasteiger charge is -2.11. The maximum Gasteiger partial charge on any atom is 0.180 e. The summed E-state index contributed by atoms with van der Waals surface area (Å²) in [5.74, 6) is -0.597. The summed E-state index contributed by atoms with van der Waals surface area (Å²) in [5, 5.41) is 1.85. The van der Waals surface area contributed by atoms with Gasteiger partial charge in [-0.25, -0.2) is 12.8 Å². The largest absolute Gasteiger partial charge is 0.322 e. The second-order valence-electron chi connectivity index (χ2n) is 4.31. The number of thiophene rings is 1. The molecule has 0 aliphatic carbocycles. The molecular weight excluding hydrogens is 285 g/mol. The Bertz CT molecular complexity index is 666. The number of benzene rings is 1. The summed E-state index contributed by atoms with van der Waals surface area (Å²) in [7, 11) is -3.51. The van der Waals surface area contributed by atoms with E-state index in [0.717, 1.165) is 4.88 Å². The highest BCUT2D eigenvalue weighted by molar-refractivity contribution is 7.91. The number of aryl methyl sites for hydroxylation is 1. The minimum absolute atomic E-state index is 0.110. The standard InChI is InChI=1S/C13H14FNO2S2/c1-9-7-10(4-5-11(9)14)19(16,17)8-12(15)13-3-2-6-18-13/h2-7,12H,8,15H2,1H3. The zero-order chi connectivity index (χ0) is 14.0. The molecule has 6 heteroatoms. The van der Waals surface area contributed by atoms with Gasteiger partial charge in [0.2, 0.25) is 0 Å². The molecule has 0 saturated heterocycles. The second kappa shape index (κ2) is 5.40. The van der Waals surface area contributed by atoms with Crippen molar-refractivity contribution < 1.29 is 12.8 Å². The summed E-state index contributed by atoms with van der Waals surface area (Å²) in [6.07, 6.45) is 0. The molecule has 0 amide bonds. The summed E-state index contributed by atoms with van der Waals surface area (Å²) in [6, 6.07) is 6.86. The van der Waals surface area contributed by atoms with Gasteiger partial charge in [-0.05, 0) is 42.1 Å². The normalized spacial score (nSPS) is 13.4. The molecular formula is C13H14FNO2S2. The van der Waals surface area contributed by atoms with E-state index in [2.05, 4.69) is 0 Å². The van der Waals surface area contributed by atoms with Crippen molar-refractivity contribution in [3.05, 3.63) is 52.0 Å². The van der Waals surface area contributed by atoms with Gasteiger partial charge in [-0.2, -0.15) is 0 Å². The average Bonchev–Trinajstić information content (AvgIpc) is 2.85. The van der Waals surface area contributed by atoms with Crippen LogP contribution in [0.25, 0.3) is 0 Å². The Morgan fingerprint density at radius 3 is 2.68 bits per heavy atom. The third-order valence-electron chi connectivity index (χ3n) is 2.80. The van der Waals surface area contributed by atoms with E-state index in [1.54, 1.807) is 6.07 Å². The average molecular weight is 299 g/mol. The molecule has 102 valence electrons. The third-order valence-corrected chi connectivity index (χ3v) is 5.57. The molecule has 0 bridgehead atoms. The summed E-state index contributed by atoms with van der Waals surface area (Å²) in [6.45, 7) is 1.54. The van der Waals surface area contributed by atoms with Gasteiger partial charge in [0.25, 0.3) is 0 Å². The number of sulfone groups is 1. The maximum absolute atomic E-state index is 13.2. The quantitative estimate of drug-likeness (QED) is 0.883. The van der Waals surface area contributed by atoms with Crippen molar-refractivity contribution >= 4 is 21.2 Å². The van der Waals surface area contributed by atoms with Gasteiger partial charge < -0.3 is 5.73 Å². The van der Waals surface area contributed by atoms with Gasteiger partial charge >= 0.3 is 0 Å². The van der Waals surface area contributed by atoms with Gasteiger partial charge in [-0.1, -0.05) is 6.07 Å². The Morgan fingerprint density at radius 1 is 1.37 bits per heavy atom. The van der Waals surface area contributed by atoms with Crippen LogP contribution in [0.4, 0.5) is 4.39 Å². The van der Waals surface area contributed by atoms with Gasteiger partial charge in [0.05, 0.1) is 16.7 Å². The first-order chi connectivity index (χ1) is 8.90. The summed E-state index contributed by atoms with van der Waals surface area (Å²) < 4.78 is 37.6. The smallest absolute Gasteiger partial charge is 0.180 e. The van der Waals surface area contributed by atoms with Crippen molar-refractivity contribution in [3.8, 4) is 0 Å². The molecule has 0 saturated carbocycles. The number of hydrogen-bond acceptors (Lipinski definition) is 4. The molecule has 2 N–H and O–H groups in total. The minimum atomic E-state index is -3.51. The van der Waals surface area contributed by atoms with Gasteiger partial charge in [0.1, 0.15) is 5.82 Å². The van der Waals surface area contributed by atoms with E-state index >= 15 is 0 Å². The fraction of sp³-hybridized carbons (Fsp3) is 0.231. The van der Waals surface area contributed by atoms with Crippen LogP contribution in [-0.2, 0) is 9.84 Å². The molecule has 1 unspecified atom stereocenters. The van der Waals surface area contributed by atoms with Crippen LogP contribution >= 0.6 is 11.3 Å². The van der Waals surface area contributed by atoms with Gasteiger partial charge in [0.15, 0.2) is 9.84 Å². The van der Waals surface area contributed by atoms with Crippen LogP contribution in [0.1, 0.15) is 16.5 Å². The Balaban J connectivity index is 2.25. The van der Waals surface area contributed by atoms with Crippen LogP contribution in [-0.4, -0.2) is 14.2 Å². The highest BCUT2D eigenvalue weighted by atomic mass is 32.2. The van der Waals surface area contributed by atoms with Crippen LogP contribution in [0.3, 0.4) is 0 Å². The van der Waals surface area contributed by atoms with Gasteiger partial charge in [0, 0.05) is 4.88 Å². The van der Waals surface area contributed by atoms with Gasteiger partial charge in [-0.15, -0.1) is 11.3 Å². The topological polar surface area (TPSA) is 60.2 Å². The summed E-state index contributed by atoms with van der Waals surface area (Å²) in [4.78, 5) is 0.931. The first kappa shape index (κ1) is 14.2. The molecule has 0 spiro atoms. The fourth-order valence-electron chi connectivity index (χ4n) is 1.73. The molecule has 3 nitrogen and oxygen atoms in total. The molecule has 0 fully saturated rings. The SMILES string of the molecule is Cc1cc(S(=O)(=O)CC(N)c2cccs2)ccc1F. The Hall–Kier alpha value is -1.24. The van der Waals surface area contributed by atoms with Crippen LogP contribution in [0.15, 0.2) is 40.6 Å². The van der Waals surface area contributed by atoms with Gasteiger partial charge in [-0.3, -0.25) is 0 Å². The predicted octanol–water partition coefficient (Wildman–Crippen LogP) is 2.67. The minimum Gasteiger partial charge on any atom is -0.322 e. The molecule has 0 aliphatic heterocycles. The molecule has 1 atom stereocenters. The Morgan fingerprint density at radius 2 is 2.11 bits per heavy atom. The number of rotatable bonds is 4. The zero-order valence-electron chi connectivity index (χ0n) is 10.3. The fourth-order valence-corrected chi connectivity index (χ4v) is 4.04. The van der Waals surface area contributed by atoms with E-state index in [1.807, 2.05) is 11.4 Å². The molecule has 0 radical (unpaired) electrons. The summed E-state index contributed by atoms with van der Waals surface area (Å²) >= 11 is 1.42. The van der Waals surface area contributed by atoms with E-state index in [9.17, 15) is 12.8 Å². The molecule has 2 rings (SSSR count). The molecule has 1 heterocycles. The van der Waals surface area contributed by atoms with Crippen molar-refractivity contribution in [2.75, 3.05) is 5.75 Å². The van der Waals surface area contributed by atoms with E-state index in [-0.39, 0.29) is 10.6 Å². The Labute approximate surface area is 115 Å². The lowest BCUT2D eigenvalue weighted by Crippen LogP contribution is -2.21. The van der Waals surface area contributed by atoms with Crippen molar-refractivity contribution in [2.45, 2.75) is 17.9 Å². The van der Waals surface area contributed by atoms with Crippen LogP contribution in [0.2, 0.25) is 0 Å². The first-order valence-corrected chi connectivity index (χ1v) is 8.21.